The molecule has 0 aliphatic carbocycles. The number of amides is 1. The molecule has 8 heteroatoms. The van der Waals surface area contributed by atoms with Crippen molar-refractivity contribution in [2.45, 2.75) is 19.4 Å². The monoisotopic (exact) mass is 377 g/mol. The Morgan fingerprint density at radius 2 is 2.05 bits per heavy atom. The fourth-order valence-electron chi connectivity index (χ4n) is 1.57. The first kappa shape index (κ1) is 17.6. The maximum atomic E-state index is 12.0. The van der Waals surface area contributed by atoms with Crippen molar-refractivity contribution in [3.63, 3.8) is 0 Å². The summed E-state index contributed by atoms with van der Waals surface area (Å²) in [5.74, 6) is -2.15. The number of nitrogens with one attached hydrogen (secondary N) is 1. The Morgan fingerprint density at radius 1 is 1.38 bits per heavy atom. The molecule has 0 bridgehead atoms. The lowest BCUT2D eigenvalue weighted by Crippen LogP contribution is -2.42. The molecule has 1 atom stereocenters. The van der Waals surface area contributed by atoms with E-state index in [0.717, 1.165) is 0 Å². The molecule has 1 rings (SSSR count). The Bertz CT molecular complexity index is 629. The van der Waals surface area contributed by atoms with Gasteiger partial charge in [0.05, 0.1) is 5.75 Å². The minimum Gasteiger partial charge on any atom is -0.480 e. The molecule has 0 aliphatic rings. The fourth-order valence-corrected chi connectivity index (χ4v) is 2.85. The van der Waals surface area contributed by atoms with E-state index in [1.165, 1.54) is 6.92 Å². The Kier molecular flexibility index (Phi) is 6.35. The van der Waals surface area contributed by atoms with E-state index in [-0.39, 0.29) is 17.9 Å². The number of carbonyl (C=O) groups excluding carboxylic acids is 1. The summed E-state index contributed by atoms with van der Waals surface area (Å²) in [5, 5.41) is 11.4. The average Bonchev–Trinajstić information content (AvgIpc) is 2.42. The Hall–Kier alpha value is -1.41. The smallest absolute Gasteiger partial charge is 0.326 e. The molecule has 0 aliphatic heterocycles. The number of halogens is 1. The van der Waals surface area contributed by atoms with Crippen LogP contribution in [0.3, 0.4) is 0 Å². The third-order valence-electron chi connectivity index (χ3n) is 2.85. The second-order valence-electron chi connectivity index (χ2n) is 4.40. The van der Waals surface area contributed by atoms with Crippen molar-refractivity contribution in [3.8, 4) is 0 Å². The highest BCUT2D eigenvalue weighted by Crippen LogP contribution is 2.12. The maximum absolute atomic E-state index is 12.0. The summed E-state index contributed by atoms with van der Waals surface area (Å²) in [7, 11) is -3.28. The first-order valence-electron chi connectivity index (χ1n) is 6.25. The molecule has 6 nitrogen and oxygen atoms in total. The van der Waals surface area contributed by atoms with Gasteiger partial charge in [-0.15, -0.1) is 0 Å². The lowest BCUT2D eigenvalue weighted by Gasteiger charge is -2.14. The molecule has 1 amide bonds. The van der Waals surface area contributed by atoms with Gasteiger partial charge in [-0.1, -0.05) is 28.9 Å². The molecule has 1 unspecified atom stereocenters. The van der Waals surface area contributed by atoms with Crippen molar-refractivity contribution in [2.24, 2.45) is 0 Å². The molecule has 0 saturated heterocycles. The second-order valence-corrected chi connectivity index (χ2v) is 7.79. The topological polar surface area (TPSA) is 101 Å². The summed E-state index contributed by atoms with van der Waals surface area (Å²) < 4.78 is 23.5. The molecule has 2 N–H and O–H groups in total. The lowest BCUT2D eigenvalue weighted by molar-refractivity contribution is -0.139. The number of hydrogen-bond acceptors (Lipinski definition) is 4. The van der Waals surface area contributed by atoms with Gasteiger partial charge in [0.15, 0.2) is 0 Å². The van der Waals surface area contributed by atoms with Gasteiger partial charge in [0.1, 0.15) is 15.9 Å². The van der Waals surface area contributed by atoms with Crippen LogP contribution in [-0.4, -0.2) is 42.9 Å². The molecule has 0 spiro atoms. The fraction of sp³-hybridized carbons (Fsp3) is 0.385. The molecule has 0 radical (unpaired) electrons. The number of benzene rings is 1. The normalized spacial score (nSPS) is 12.7. The summed E-state index contributed by atoms with van der Waals surface area (Å²) in [6, 6.07) is 5.24. The van der Waals surface area contributed by atoms with Gasteiger partial charge < -0.3 is 10.4 Å². The van der Waals surface area contributed by atoms with E-state index in [1.54, 1.807) is 24.3 Å². The molecule has 0 heterocycles. The minimum absolute atomic E-state index is 0.0566. The summed E-state index contributed by atoms with van der Waals surface area (Å²) in [4.78, 5) is 23.1. The van der Waals surface area contributed by atoms with Gasteiger partial charge in [0.2, 0.25) is 0 Å². The van der Waals surface area contributed by atoms with Crippen molar-refractivity contribution < 1.29 is 23.1 Å². The van der Waals surface area contributed by atoms with Crippen LogP contribution in [0.15, 0.2) is 28.7 Å². The van der Waals surface area contributed by atoms with E-state index in [9.17, 15) is 18.0 Å². The van der Waals surface area contributed by atoms with Crippen molar-refractivity contribution in [2.75, 3.05) is 11.5 Å². The van der Waals surface area contributed by atoms with Gasteiger partial charge in [-0.3, -0.25) is 4.79 Å². The molecular formula is C13H16BrNO5S. The minimum atomic E-state index is -3.28. The van der Waals surface area contributed by atoms with E-state index in [2.05, 4.69) is 21.2 Å². The highest BCUT2D eigenvalue weighted by Gasteiger charge is 2.23. The Balaban J connectivity index is 2.75. The van der Waals surface area contributed by atoms with Gasteiger partial charge in [-0.25, -0.2) is 13.2 Å². The van der Waals surface area contributed by atoms with E-state index < -0.39 is 27.8 Å². The summed E-state index contributed by atoms with van der Waals surface area (Å²) >= 11 is 3.22. The molecule has 0 fully saturated rings. The van der Waals surface area contributed by atoms with E-state index in [4.69, 9.17) is 5.11 Å². The number of hydrogen-bond donors (Lipinski definition) is 2. The summed E-state index contributed by atoms with van der Waals surface area (Å²) in [6.07, 6.45) is -0.161. The van der Waals surface area contributed by atoms with Gasteiger partial charge >= 0.3 is 5.97 Å². The van der Waals surface area contributed by atoms with Crippen LogP contribution >= 0.6 is 15.9 Å². The van der Waals surface area contributed by atoms with Gasteiger partial charge in [0, 0.05) is 15.8 Å². The van der Waals surface area contributed by atoms with Crippen LogP contribution < -0.4 is 5.32 Å². The largest absolute Gasteiger partial charge is 0.480 e. The first-order chi connectivity index (χ1) is 9.75. The molecular weight excluding hydrogens is 362 g/mol. The van der Waals surface area contributed by atoms with Crippen LogP contribution in [0.1, 0.15) is 23.7 Å². The van der Waals surface area contributed by atoms with E-state index in [1.807, 2.05) is 0 Å². The van der Waals surface area contributed by atoms with E-state index >= 15 is 0 Å². The van der Waals surface area contributed by atoms with Gasteiger partial charge in [-0.05, 0) is 24.6 Å². The maximum Gasteiger partial charge on any atom is 0.326 e. The number of carboxylic acids is 1. The molecule has 1 aromatic rings. The van der Waals surface area contributed by atoms with Crippen molar-refractivity contribution in [1.82, 2.24) is 5.32 Å². The number of rotatable bonds is 7. The lowest BCUT2D eigenvalue weighted by atomic mass is 10.1. The second kappa shape index (κ2) is 7.56. The van der Waals surface area contributed by atoms with Crippen molar-refractivity contribution in [3.05, 3.63) is 34.3 Å². The van der Waals surface area contributed by atoms with Crippen molar-refractivity contribution in [1.29, 1.82) is 0 Å². The van der Waals surface area contributed by atoms with Crippen LogP contribution in [0.25, 0.3) is 0 Å². The first-order valence-corrected chi connectivity index (χ1v) is 8.86. The number of sulfone groups is 1. The van der Waals surface area contributed by atoms with Crippen LogP contribution in [0.4, 0.5) is 0 Å². The highest BCUT2D eigenvalue weighted by atomic mass is 79.9. The standard InChI is InChI=1S/C13H16BrNO5S/c1-2-21(19,20)7-6-11(13(17)18)15-12(16)9-4-3-5-10(14)8-9/h3-5,8,11H,2,6-7H2,1H3,(H,15,16)(H,17,18). The molecule has 116 valence electrons. The summed E-state index contributed by atoms with van der Waals surface area (Å²) in [5.41, 5.74) is 0.300. The zero-order valence-corrected chi connectivity index (χ0v) is 13.8. The van der Waals surface area contributed by atoms with E-state index in [0.29, 0.717) is 10.0 Å². The average molecular weight is 378 g/mol. The summed E-state index contributed by atoms with van der Waals surface area (Å²) in [6.45, 7) is 1.49. The molecule has 0 aromatic heterocycles. The van der Waals surface area contributed by atoms with Crippen LogP contribution in [0.5, 0.6) is 0 Å². The van der Waals surface area contributed by atoms with Crippen LogP contribution in [0, 0.1) is 0 Å². The predicted molar refractivity (Wildman–Crippen MR) is 82.0 cm³/mol. The number of carbonyl (C=O) groups is 2. The Labute approximate surface area is 131 Å². The molecule has 21 heavy (non-hydrogen) atoms. The third-order valence-corrected chi connectivity index (χ3v) is 5.08. The quantitative estimate of drug-likeness (QED) is 0.748. The van der Waals surface area contributed by atoms with Gasteiger partial charge in [-0.2, -0.15) is 0 Å². The molecule has 0 saturated carbocycles. The number of carboxylic acid groups (broad SMARTS) is 1. The zero-order valence-electron chi connectivity index (χ0n) is 11.4. The molecule has 1 aromatic carbocycles. The number of aliphatic carboxylic acids is 1. The van der Waals surface area contributed by atoms with Crippen LogP contribution in [-0.2, 0) is 14.6 Å². The van der Waals surface area contributed by atoms with Crippen molar-refractivity contribution >= 4 is 37.6 Å². The zero-order chi connectivity index (χ0) is 16.0. The van der Waals surface area contributed by atoms with Gasteiger partial charge in [0.25, 0.3) is 5.91 Å². The predicted octanol–water partition coefficient (Wildman–Crippen LogP) is 1.46. The Morgan fingerprint density at radius 3 is 2.57 bits per heavy atom. The highest BCUT2D eigenvalue weighted by molar-refractivity contribution is 9.10. The van der Waals surface area contributed by atoms with Crippen LogP contribution in [0.2, 0.25) is 0 Å². The SMILES string of the molecule is CCS(=O)(=O)CCC(NC(=O)c1cccc(Br)c1)C(=O)O. The third kappa shape index (κ3) is 5.84.